The van der Waals surface area contributed by atoms with Gasteiger partial charge in [-0.2, -0.15) is 8.78 Å². The van der Waals surface area contributed by atoms with Crippen LogP contribution < -0.4 is 15.4 Å². The van der Waals surface area contributed by atoms with Gasteiger partial charge in [-0.25, -0.2) is 0 Å². The number of hydrogen-bond acceptors (Lipinski definition) is 3. The Morgan fingerprint density at radius 3 is 2.63 bits per heavy atom. The standard InChI is InChI=1S/C20H32F2N4O/c1-23-20(24-12-6-2-7-13-26-14-8-3-9-15-26)25-16-17-10-4-5-11-18(17)27-19(21)22/h4-5,10-11,19H,2-3,6-9,12-16H2,1H3,(H2,23,24,25). The number of halogens is 2. The van der Waals surface area contributed by atoms with Gasteiger partial charge in [0.05, 0.1) is 0 Å². The molecule has 5 nitrogen and oxygen atoms in total. The monoisotopic (exact) mass is 382 g/mol. The zero-order valence-electron chi connectivity index (χ0n) is 16.2. The van der Waals surface area contributed by atoms with E-state index in [-0.39, 0.29) is 5.75 Å². The molecule has 0 amide bonds. The average Bonchev–Trinajstić information content (AvgIpc) is 2.68. The smallest absolute Gasteiger partial charge is 0.387 e. The number of benzene rings is 1. The molecule has 152 valence electrons. The maximum absolute atomic E-state index is 12.5. The summed E-state index contributed by atoms with van der Waals surface area (Å²) in [6.07, 6.45) is 7.56. The molecule has 1 aliphatic rings. The van der Waals surface area contributed by atoms with Crippen LogP contribution in [0.5, 0.6) is 5.75 Å². The Bertz CT molecular complexity index is 563. The number of alkyl halides is 2. The lowest BCUT2D eigenvalue weighted by atomic mass is 10.1. The van der Waals surface area contributed by atoms with Crippen molar-refractivity contribution in [2.24, 2.45) is 4.99 Å². The van der Waals surface area contributed by atoms with E-state index >= 15 is 0 Å². The lowest BCUT2D eigenvalue weighted by molar-refractivity contribution is -0.0504. The maximum Gasteiger partial charge on any atom is 0.387 e. The highest BCUT2D eigenvalue weighted by Crippen LogP contribution is 2.19. The van der Waals surface area contributed by atoms with E-state index in [0.29, 0.717) is 18.1 Å². The number of piperidine rings is 1. The van der Waals surface area contributed by atoms with Crippen LogP contribution in [0.4, 0.5) is 8.78 Å². The number of rotatable bonds is 10. The molecule has 2 N–H and O–H groups in total. The van der Waals surface area contributed by atoms with E-state index in [1.54, 1.807) is 31.3 Å². The molecule has 0 radical (unpaired) electrons. The van der Waals surface area contributed by atoms with Gasteiger partial charge in [0, 0.05) is 25.7 Å². The van der Waals surface area contributed by atoms with Crippen molar-refractivity contribution < 1.29 is 13.5 Å². The molecule has 0 aliphatic carbocycles. The van der Waals surface area contributed by atoms with Crippen molar-refractivity contribution in [3.63, 3.8) is 0 Å². The Labute approximate surface area is 161 Å². The number of aliphatic imine (C=N–C) groups is 1. The molecular formula is C20H32F2N4O. The lowest BCUT2D eigenvalue weighted by Gasteiger charge is -2.26. The quantitative estimate of drug-likeness (QED) is 0.369. The van der Waals surface area contributed by atoms with Crippen molar-refractivity contribution >= 4 is 5.96 Å². The number of unbranched alkanes of at least 4 members (excludes halogenated alkanes) is 2. The molecule has 0 atom stereocenters. The van der Waals surface area contributed by atoms with E-state index in [9.17, 15) is 8.78 Å². The van der Waals surface area contributed by atoms with Crippen molar-refractivity contribution in [3.05, 3.63) is 29.8 Å². The minimum absolute atomic E-state index is 0.188. The summed E-state index contributed by atoms with van der Waals surface area (Å²) in [5, 5.41) is 6.42. The Hall–Kier alpha value is -1.89. The molecular weight excluding hydrogens is 350 g/mol. The molecule has 0 unspecified atom stereocenters. The second kappa shape index (κ2) is 12.5. The molecule has 0 bridgehead atoms. The zero-order chi connectivity index (χ0) is 19.3. The molecule has 1 saturated heterocycles. The second-order valence-electron chi connectivity index (χ2n) is 6.80. The number of hydrogen-bond donors (Lipinski definition) is 2. The van der Waals surface area contributed by atoms with Crippen LogP contribution in [0.3, 0.4) is 0 Å². The van der Waals surface area contributed by atoms with Gasteiger partial charge in [0.1, 0.15) is 5.75 Å². The van der Waals surface area contributed by atoms with Gasteiger partial charge < -0.3 is 20.3 Å². The molecule has 1 heterocycles. The molecule has 1 fully saturated rings. The van der Waals surface area contributed by atoms with Crippen molar-refractivity contribution in [1.82, 2.24) is 15.5 Å². The van der Waals surface area contributed by atoms with Gasteiger partial charge in [0.2, 0.25) is 0 Å². The molecule has 7 heteroatoms. The highest BCUT2D eigenvalue weighted by molar-refractivity contribution is 5.79. The molecule has 1 aliphatic heterocycles. The molecule has 27 heavy (non-hydrogen) atoms. The third kappa shape index (κ3) is 8.56. The summed E-state index contributed by atoms with van der Waals surface area (Å²) < 4.78 is 29.5. The summed E-state index contributed by atoms with van der Waals surface area (Å²) in [5.41, 5.74) is 0.669. The summed E-state index contributed by atoms with van der Waals surface area (Å²) >= 11 is 0. The number of guanidine groups is 1. The number of likely N-dealkylation sites (tertiary alicyclic amines) is 1. The van der Waals surface area contributed by atoms with E-state index in [4.69, 9.17) is 0 Å². The highest BCUT2D eigenvalue weighted by atomic mass is 19.3. The van der Waals surface area contributed by atoms with Gasteiger partial charge in [-0.1, -0.05) is 31.0 Å². The van der Waals surface area contributed by atoms with Crippen molar-refractivity contribution in [2.45, 2.75) is 51.7 Å². The summed E-state index contributed by atoms with van der Waals surface area (Å²) in [6.45, 7) is 2.10. The van der Waals surface area contributed by atoms with Crippen molar-refractivity contribution in [3.8, 4) is 5.75 Å². The Morgan fingerprint density at radius 2 is 1.89 bits per heavy atom. The predicted molar refractivity (Wildman–Crippen MR) is 105 cm³/mol. The van der Waals surface area contributed by atoms with Gasteiger partial charge >= 0.3 is 6.61 Å². The largest absolute Gasteiger partial charge is 0.434 e. The Morgan fingerprint density at radius 1 is 1.11 bits per heavy atom. The summed E-state index contributed by atoms with van der Waals surface area (Å²) in [4.78, 5) is 6.75. The first-order chi connectivity index (χ1) is 13.2. The van der Waals surface area contributed by atoms with Crippen molar-refractivity contribution in [2.75, 3.05) is 33.2 Å². The molecule has 1 aromatic carbocycles. The van der Waals surface area contributed by atoms with Crippen LogP contribution in [-0.4, -0.2) is 50.7 Å². The van der Waals surface area contributed by atoms with Crippen LogP contribution in [0.25, 0.3) is 0 Å². The number of nitrogens with zero attached hydrogens (tertiary/aromatic N) is 2. The Kier molecular flexibility index (Phi) is 9.90. The summed E-state index contributed by atoms with van der Waals surface area (Å²) in [5.74, 6) is 0.853. The zero-order valence-corrected chi connectivity index (χ0v) is 16.2. The van der Waals surface area contributed by atoms with Gasteiger partial charge in [-0.05, 0) is 51.4 Å². The lowest BCUT2D eigenvalue weighted by Crippen LogP contribution is -2.37. The second-order valence-corrected chi connectivity index (χ2v) is 6.80. The maximum atomic E-state index is 12.5. The molecule has 0 spiro atoms. The Balaban J connectivity index is 1.62. The van der Waals surface area contributed by atoms with Gasteiger partial charge in [0.15, 0.2) is 5.96 Å². The number of nitrogens with one attached hydrogen (secondary N) is 2. The third-order valence-corrected chi connectivity index (χ3v) is 4.75. The fourth-order valence-corrected chi connectivity index (χ4v) is 3.29. The van der Waals surface area contributed by atoms with Crippen LogP contribution in [0.1, 0.15) is 44.1 Å². The van der Waals surface area contributed by atoms with E-state index < -0.39 is 6.61 Å². The van der Waals surface area contributed by atoms with Gasteiger partial charge in [-0.15, -0.1) is 0 Å². The third-order valence-electron chi connectivity index (χ3n) is 4.75. The molecule has 1 aromatic rings. The number of para-hydroxylation sites is 1. The van der Waals surface area contributed by atoms with Crippen LogP contribution in [-0.2, 0) is 6.54 Å². The topological polar surface area (TPSA) is 48.9 Å². The van der Waals surface area contributed by atoms with E-state index in [1.165, 1.54) is 51.7 Å². The highest BCUT2D eigenvalue weighted by Gasteiger charge is 2.10. The van der Waals surface area contributed by atoms with Gasteiger partial charge in [-0.3, -0.25) is 4.99 Å². The SMILES string of the molecule is CN=C(NCCCCCN1CCCCC1)NCc1ccccc1OC(F)F. The number of ether oxygens (including phenoxy) is 1. The summed E-state index contributed by atoms with van der Waals surface area (Å²) in [6, 6.07) is 6.78. The van der Waals surface area contributed by atoms with E-state index in [1.807, 2.05) is 0 Å². The summed E-state index contributed by atoms with van der Waals surface area (Å²) in [7, 11) is 1.70. The average molecular weight is 382 g/mol. The van der Waals surface area contributed by atoms with Crippen LogP contribution in [0.15, 0.2) is 29.3 Å². The van der Waals surface area contributed by atoms with Crippen molar-refractivity contribution in [1.29, 1.82) is 0 Å². The van der Waals surface area contributed by atoms with E-state index in [0.717, 1.165) is 13.0 Å². The first-order valence-corrected chi connectivity index (χ1v) is 9.88. The molecule has 2 rings (SSSR count). The fraction of sp³-hybridized carbons (Fsp3) is 0.650. The first-order valence-electron chi connectivity index (χ1n) is 9.88. The molecule has 0 aromatic heterocycles. The minimum atomic E-state index is -2.83. The van der Waals surface area contributed by atoms with Crippen LogP contribution in [0.2, 0.25) is 0 Å². The van der Waals surface area contributed by atoms with E-state index in [2.05, 4.69) is 25.3 Å². The first kappa shape index (κ1) is 21.4. The van der Waals surface area contributed by atoms with Crippen LogP contribution >= 0.6 is 0 Å². The van der Waals surface area contributed by atoms with Crippen LogP contribution in [0, 0.1) is 0 Å². The normalized spacial score (nSPS) is 15.8. The predicted octanol–water partition coefficient (Wildman–Crippen LogP) is 3.61. The van der Waals surface area contributed by atoms with Gasteiger partial charge in [0.25, 0.3) is 0 Å². The molecule has 0 saturated carbocycles. The fourth-order valence-electron chi connectivity index (χ4n) is 3.29. The minimum Gasteiger partial charge on any atom is -0.434 e.